The smallest absolute Gasteiger partial charge is 0.283 e. The Morgan fingerprint density at radius 1 is 0.810 bits per heavy atom. The van der Waals surface area contributed by atoms with Crippen LogP contribution in [0.5, 0.6) is 0 Å². The van der Waals surface area contributed by atoms with Gasteiger partial charge in [-0.2, -0.15) is 0 Å². The van der Waals surface area contributed by atoms with Crippen LogP contribution in [0, 0.1) is 0 Å². The molecule has 0 aliphatic heterocycles. The van der Waals surface area contributed by atoms with Crippen molar-refractivity contribution in [1.82, 2.24) is 0 Å². The third-order valence-corrected chi connectivity index (χ3v) is 8.67. The Bertz CT molecular complexity index is 564. The summed E-state index contributed by atoms with van der Waals surface area (Å²) < 4.78 is 6.32. The fraction of sp³-hybridized carbons (Fsp3) is 0.263. The molecule has 108 valence electrons. The third kappa shape index (κ3) is 2.61. The predicted octanol–water partition coefficient (Wildman–Crippen LogP) is 3.43. The summed E-state index contributed by atoms with van der Waals surface area (Å²) in [6, 6.07) is 21.6. The quantitative estimate of drug-likeness (QED) is 0.785. The van der Waals surface area contributed by atoms with Gasteiger partial charge in [0.2, 0.25) is 0 Å². The van der Waals surface area contributed by atoms with Gasteiger partial charge in [0.25, 0.3) is 8.32 Å². The standard InChI is InChI=1S/C19H22OSi/c1-20-21(17-11-5-2-6-12-17,18-13-7-3-8-14-18)19-15-9-4-10-16-19/h2-3,5-8,11-15H,4,9-10,16H2,1H3. The zero-order valence-corrected chi connectivity index (χ0v) is 13.6. The van der Waals surface area contributed by atoms with Crippen LogP contribution in [0.1, 0.15) is 25.7 Å². The van der Waals surface area contributed by atoms with E-state index in [4.69, 9.17) is 4.43 Å². The van der Waals surface area contributed by atoms with Gasteiger partial charge in [0.1, 0.15) is 0 Å². The fourth-order valence-corrected chi connectivity index (χ4v) is 7.50. The van der Waals surface area contributed by atoms with Crippen LogP contribution in [0.2, 0.25) is 0 Å². The largest absolute Gasteiger partial charge is 0.408 e. The Morgan fingerprint density at radius 2 is 1.38 bits per heavy atom. The number of rotatable bonds is 4. The molecule has 0 atom stereocenters. The predicted molar refractivity (Wildman–Crippen MR) is 91.5 cm³/mol. The van der Waals surface area contributed by atoms with Crippen molar-refractivity contribution in [1.29, 1.82) is 0 Å². The normalized spacial score (nSPS) is 15.6. The minimum atomic E-state index is -2.26. The average Bonchev–Trinajstić information content (AvgIpc) is 2.59. The summed E-state index contributed by atoms with van der Waals surface area (Å²) >= 11 is 0. The van der Waals surface area contributed by atoms with Crippen LogP contribution >= 0.6 is 0 Å². The van der Waals surface area contributed by atoms with Gasteiger partial charge in [0.15, 0.2) is 0 Å². The minimum absolute atomic E-state index is 1.17. The first-order valence-corrected chi connectivity index (χ1v) is 9.64. The van der Waals surface area contributed by atoms with E-state index in [2.05, 4.69) is 66.7 Å². The van der Waals surface area contributed by atoms with E-state index >= 15 is 0 Å². The summed E-state index contributed by atoms with van der Waals surface area (Å²) in [6.07, 6.45) is 7.39. The zero-order chi connectivity index (χ0) is 14.5. The maximum absolute atomic E-state index is 6.32. The molecule has 0 saturated carbocycles. The maximum atomic E-state index is 6.32. The fourth-order valence-electron chi connectivity index (χ4n) is 3.41. The molecular weight excluding hydrogens is 272 g/mol. The van der Waals surface area contributed by atoms with Gasteiger partial charge in [-0.25, -0.2) is 0 Å². The van der Waals surface area contributed by atoms with E-state index in [-0.39, 0.29) is 0 Å². The van der Waals surface area contributed by atoms with E-state index in [1.165, 1.54) is 41.3 Å². The van der Waals surface area contributed by atoms with Crippen molar-refractivity contribution in [2.24, 2.45) is 0 Å². The number of benzene rings is 2. The van der Waals surface area contributed by atoms with Gasteiger partial charge in [-0.1, -0.05) is 71.9 Å². The highest BCUT2D eigenvalue weighted by Crippen LogP contribution is 2.27. The molecule has 0 unspecified atom stereocenters. The van der Waals surface area contributed by atoms with Crippen LogP contribution < -0.4 is 10.4 Å². The van der Waals surface area contributed by atoms with E-state index < -0.39 is 8.32 Å². The first kappa shape index (κ1) is 14.3. The summed E-state index contributed by atoms with van der Waals surface area (Å²) in [5, 5.41) is 4.24. The zero-order valence-electron chi connectivity index (χ0n) is 12.6. The van der Waals surface area contributed by atoms with Crippen molar-refractivity contribution in [3.05, 3.63) is 71.9 Å². The van der Waals surface area contributed by atoms with Crippen molar-refractivity contribution in [2.45, 2.75) is 25.7 Å². The van der Waals surface area contributed by atoms with Gasteiger partial charge in [-0.05, 0) is 36.1 Å². The van der Waals surface area contributed by atoms with Gasteiger partial charge in [0, 0.05) is 7.11 Å². The second kappa shape index (κ2) is 6.42. The summed E-state index contributed by atoms with van der Waals surface area (Å²) in [7, 11) is -0.369. The monoisotopic (exact) mass is 294 g/mol. The number of hydrogen-bond donors (Lipinski definition) is 0. The third-order valence-electron chi connectivity index (χ3n) is 4.41. The van der Waals surface area contributed by atoms with E-state index in [9.17, 15) is 0 Å². The molecule has 0 aromatic heterocycles. The molecule has 1 aliphatic carbocycles. The molecule has 0 saturated heterocycles. The molecule has 0 spiro atoms. The summed E-state index contributed by atoms with van der Waals surface area (Å²) in [5.41, 5.74) is 0. The van der Waals surface area contributed by atoms with Gasteiger partial charge < -0.3 is 4.43 Å². The Kier molecular flexibility index (Phi) is 4.37. The van der Waals surface area contributed by atoms with E-state index in [1.54, 1.807) is 0 Å². The van der Waals surface area contributed by atoms with Gasteiger partial charge in [-0.15, -0.1) is 0 Å². The molecule has 2 aromatic rings. The average molecular weight is 294 g/mol. The van der Waals surface area contributed by atoms with Crippen LogP contribution in [-0.2, 0) is 4.43 Å². The van der Waals surface area contributed by atoms with Gasteiger partial charge in [-0.3, -0.25) is 0 Å². The molecular formula is C19H22OSi. The highest BCUT2D eigenvalue weighted by molar-refractivity contribution is 7.02. The van der Waals surface area contributed by atoms with Crippen molar-refractivity contribution >= 4 is 18.7 Å². The lowest BCUT2D eigenvalue weighted by Crippen LogP contribution is -2.62. The van der Waals surface area contributed by atoms with Crippen molar-refractivity contribution in [2.75, 3.05) is 7.11 Å². The van der Waals surface area contributed by atoms with Crippen LogP contribution in [0.15, 0.2) is 71.9 Å². The maximum Gasteiger partial charge on any atom is 0.283 e. The highest BCUT2D eigenvalue weighted by Gasteiger charge is 2.42. The molecule has 21 heavy (non-hydrogen) atoms. The van der Waals surface area contributed by atoms with Crippen LogP contribution in [-0.4, -0.2) is 15.4 Å². The summed E-state index contributed by atoms with van der Waals surface area (Å²) in [5.74, 6) is 0. The molecule has 0 fully saturated rings. The molecule has 0 amide bonds. The molecule has 1 aliphatic rings. The van der Waals surface area contributed by atoms with Crippen LogP contribution in [0.3, 0.4) is 0 Å². The van der Waals surface area contributed by atoms with Crippen molar-refractivity contribution in [3.63, 3.8) is 0 Å². The highest BCUT2D eigenvalue weighted by atomic mass is 28.4. The lowest BCUT2D eigenvalue weighted by Gasteiger charge is -2.35. The summed E-state index contributed by atoms with van der Waals surface area (Å²) in [6.45, 7) is 0. The minimum Gasteiger partial charge on any atom is -0.408 e. The first-order chi connectivity index (χ1) is 10.4. The van der Waals surface area contributed by atoms with E-state index in [1.807, 2.05) is 7.11 Å². The molecule has 3 rings (SSSR count). The van der Waals surface area contributed by atoms with Crippen molar-refractivity contribution in [3.8, 4) is 0 Å². The lowest BCUT2D eigenvalue weighted by molar-refractivity contribution is 0.419. The molecule has 2 heteroatoms. The topological polar surface area (TPSA) is 9.23 Å². The SMILES string of the molecule is CO[Si](C1=CCCCC1)(c1ccccc1)c1ccccc1. The summed E-state index contributed by atoms with van der Waals surface area (Å²) in [4.78, 5) is 0. The van der Waals surface area contributed by atoms with E-state index in [0.29, 0.717) is 0 Å². The Balaban J connectivity index is 2.20. The van der Waals surface area contributed by atoms with Gasteiger partial charge in [0.05, 0.1) is 0 Å². The van der Waals surface area contributed by atoms with Crippen LogP contribution in [0.4, 0.5) is 0 Å². The Hall–Kier alpha value is -1.64. The molecule has 0 heterocycles. The first-order valence-electron chi connectivity index (χ1n) is 7.73. The molecule has 0 radical (unpaired) electrons. The van der Waals surface area contributed by atoms with Crippen molar-refractivity contribution < 1.29 is 4.43 Å². The second-order valence-electron chi connectivity index (χ2n) is 5.59. The molecule has 0 bridgehead atoms. The molecule has 0 N–H and O–H groups in total. The number of allylic oxidation sites excluding steroid dienone is 2. The van der Waals surface area contributed by atoms with Gasteiger partial charge >= 0.3 is 0 Å². The van der Waals surface area contributed by atoms with Crippen LogP contribution in [0.25, 0.3) is 0 Å². The Morgan fingerprint density at radius 3 is 1.81 bits per heavy atom. The second-order valence-corrected chi connectivity index (χ2v) is 9.16. The molecule has 1 nitrogen and oxygen atoms in total. The molecule has 2 aromatic carbocycles. The number of hydrogen-bond acceptors (Lipinski definition) is 1. The Labute approximate surface area is 128 Å². The van der Waals surface area contributed by atoms with E-state index in [0.717, 1.165) is 0 Å². The lowest BCUT2D eigenvalue weighted by atomic mass is 10.1.